The fourth-order valence-corrected chi connectivity index (χ4v) is 3.04. The third kappa shape index (κ3) is 5.73. The van der Waals surface area contributed by atoms with E-state index in [1.54, 1.807) is 0 Å². The molecule has 142 valence electrons. The van der Waals surface area contributed by atoms with E-state index in [4.69, 9.17) is 20.6 Å². The molecule has 27 heavy (non-hydrogen) atoms. The Morgan fingerprint density at radius 2 is 1.81 bits per heavy atom. The highest BCUT2D eigenvalue weighted by molar-refractivity contribution is 5.44. The molecule has 2 aromatic rings. The Hall–Kier alpha value is -2.52. The van der Waals surface area contributed by atoms with E-state index in [2.05, 4.69) is 42.0 Å². The molecule has 5 heteroatoms. The van der Waals surface area contributed by atoms with Gasteiger partial charge in [0.25, 0.3) is 0 Å². The molecule has 1 N–H and O–H groups in total. The van der Waals surface area contributed by atoms with Crippen molar-refractivity contribution in [2.24, 2.45) is 0 Å². The number of fused-ring (bicyclic) bond motifs is 1. The van der Waals surface area contributed by atoms with Gasteiger partial charge in [-0.05, 0) is 30.2 Å². The third-order valence-electron chi connectivity index (χ3n) is 4.33. The lowest BCUT2D eigenvalue weighted by molar-refractivity contribution is 0.0243. The number of aliphatic hydroxyl groups excluding tert-OH is 1. The van der Waals surface area contributed by atoms with Gasteiger partial charge in [-0.3, -0.25) is 4.90 Å². The predicted molar refractivity (Wildman–Crippen MR) is 104 cm³/mol. The Balaban J connectivity index is 1.68. The van der Waals surface area contributed by atoms with E-state index in [0.29, 0.717) is 13.1 Å². The van der Waals surface area contributed by atoms with E-state index < -0.39 is 6.10 Å². The first kappa shape index (κ1) is 19.2. The molecule has 0 aliphatic carbocycles. The number of aryl methyl sites for hydroxylation is 1. The van der Waals surface area contributed by atoms with Crippen molar-refractivity contribution < 1.29 is 19.3 Å². The molecule has 1 aliphatic heterocycles. The van der Waals surface area contributed by atoms with Crippen LogP contribution in [-0.4, -0.2) is 42.7 Å². The number of hydrogen-bond acceptors (Lipinski definition) is 5. The molecule has 0 spiro atoms. The molecule has 5 nitrogen and oxygen atoms in total. The molecule has 1 atom stereocenters. The van der Waals surface area contributed by atoms with Crippen LogP contribution in [0.5, 0.6) is 11.5 Å². The minimum Gasteiger partial charge on any atom is -0.454 e. The fraction of sp³-hybridized carbons (Fsp3) is 0.364. The second-order valence-corrected chi connectivity index (χ2v) is 6.72. The Morgan fingerprint density at radius 1 is 1.11 bits per heavy atom. The van der Waals surface area contributed by atoms with Crippen LogP contribution < -0.4 is 9.47 Å². The number of hydrogen-bond donors (Lipinski definition) is 1. The molecule has 1 heterocycles. The van der Waals surface area contributed by atoms with Crippen molar-refractivity contribution in [3.63, 3.8) is 0 Å². The number of rotatable bonds is 9. The lowest BCUT2D eigenvalue weighted by Crippen LogP contribution is -2.34. The summed E-state index contributed by atoms with van der Waals surface area (Å²) >= 11 is 0. The predicted octanol–water partition coefficient (Wildman–Crippen LogP) is 2.74. The normalized spacial score (nSPS) is 13.6. The third-order valence-corrected chi connectivity index (χ3v) is 4.33. The molecular formula is C22H25NO4. The minimum atomic E-state index is -0.613. The lowest BCUT2D eigenvalue weighted by Gasteiger charge is -2.25. The molecule has 0 amide bonds. The van der Waals surface area contributed by atoms with Crippen LogP contribution in [-0.2, 0) is 17.8 Å². The molecule has 0 aromatic heterocycles. The number of benzene rings is 2. The first-order valence-corrected chi connectivity index (χ1v) is 9.00. The summed E-state index contributed by atoms with van der Waals surface area (Å²) < 4.78 is 16.1. The van der Waals surface area contributed by atoms with E-state index in [9.17, 15) is 5.11 Å². The fourth-order valence-electron chi connectivity index (χ4n) is 3.04. The first-order valence-electron chi connectivity index (χ1n) is 9.00. The molecule has 0 radical (unpaired) electrons. The molecular weight excluding hydrogens is 342 g/mol. The molecule has 2 aromatic carbocycles. The van der Waals surface area contributed by atoms with Gasteiger partial charge < -0.3 is 19.3 Å². The van der Waals surface area contributed by atoms with Crippen molar-refractivity contribution >= 4 is 0 Å². The topological polar surface area (TPSA) is 51.2 Å². The highest BCUT2D eigenvalue weighted by Gasteiger charge is 2.17. The van der Waals surface area contributed by atoms with Crippen LogP contribution in [0.15, 0.2) is 42.5 Å². The summed E-state index contributed by atoms with van der Waals surface area (Å²) in [6, 6.07) is 14.4. The highest BCUT2D eigenvalue weighted by Crippen LogP contribution is 2.32. The maximum Gasteiger partial charge on any atom is 0.231 e. The summed E-state index contributed by atoms with van der Waals surface area (Å²) in [5.41, 5.74) is 3.52. The van der Waals surface area contributed by atoms with Crippen LogP contribution in [0, 0.1) is 19.3 Å². The summed E-state index contributed by atoms with van der Waals surface area (Å²) in [4.78, 5) is 2.19. The molecule has 1 unspecified atom stereocenters. The summed E-state index contributed by atoms with van der Waals surface area (Å²) in [6.45, 7) is 4.63. The van der Waals surface area contributed by atoms with Gasteiger partial charge in [0.1, 0.15) is 6.61 Å². The summed E-state index contributed by atoms with van der Waals surface area (Å²) in [5, 5.41) is 10.3. The van der Waals surface area contributed by atoms with Gasteiger partial charge in [-0.1, -0.05) is 41.8 Å². The van der Waals surface area contributed by atoms with Gasteiger partial charge in [0.15, 0.2) is 11.5 Å². The summed E-state index contributed by atoms with van der Waals surface area (Å²) in [5.74, 6) is 3.95. The Bertz CT molecular complexity index is 782. The monoisotopic (exact) mass is 367 g/mol. The van der Waals surface area contributed by atoms with Crippen molar-refractivity contribution in [2.75, 3.05) is 26.6 Å². The lowest BCUT2D eigenvalue weighted by atomic mass is 10.1. The van der Waals surface area contributed by atoms with Gasteiger partial charge in [-0.25, -0.2) is 0 Å². The van der Waals surface area contributed by atoms with Crippen molar-refractivity contribution in [1.82, 2.24) is 4.90 Å². The SMILES string of the molecule is C#CCOCC(O)CN(Cc1ccc(C)cc1)Cc1ccc2c(c1)OCO2. The number of ether oxygens (including phenoxy) is 3. The molecule has 0 saturated heterocycles. The average molecular weight is 367 g/mol. The van der Waals surface area contributed by atoms with E-state index in [1.165, 1.54) is 11.1 Å². The van der Waals surface area contributed by atoms with Gasteiger partial charge in [0.2, 0.25) is 6.79 Å². The average Bonchev–Trinajstić information content (AvgIpc) is 3.11. The zero-order chi connectivity index (χ0) is 19.1. The summed E-state index contributed by atoms with van der Waals surface area (Å²) in [6.07, 6.45) is 4.57. The molecule has 3 rings (SSSR count). The zero-order valence-electron chi connectivity index (χ0n) is 15.6. The largest absolute Gasteiger partial charge is 0.454 e. The number of terminal acetylenes is 1. The Morgan fingerprint density at radius 3 is 2.59 bits per heavy atom. The maximum absolute atomic E-state index is 10.3. The van der Waals surface area contributed by atoms with Gasteiger partial charge in [0, 0.05) is 19.6 Å². The quantitative estimate of drug-likeness (QED) is 0.546. The summed E-state index contributed by atoms with van der Waals surface area (Å²) in [7, 11) is 0. The van der Waals surface area contributed by atoms with Crippen LogP contribution in [0.4, 0.5) is 0 Å². The first-order chi connectivity index (χ1) is 13.1. The second-order valence-electron chi connectivity index (χ2n) is 6.72. The zero-order valence-corrected chi connectivity index (χ0v) is 15.6. The minimum absolute atomic E-state index is 0.206. The molecule has 0 bridgehead atoms. The van der Waals surface area contributed by atoms with Crippen LogP contribution in [0.3, 0.4) is 0 Å². The number of aliphatic hydroxyl groups is 1. The van der Waals surface area contributed by atoms with Gasteiger partial charge in [0.05, 0.1) is 12.7 Å². The standard InChI is InChI=1S/C22H25NO4/c1-3-10-25-15-20(24)14-23(12-18-6-4-17(2)5-7-18)13-19-8-9-21-22(11-19)27-16-26-21/h1,4-9,11,20,24H,10,12-16H2,2H3. The van der Waals surface area contributed by atoms with Gasteiger partial charge in [-0.15, -0.1) is 6.42 Å². The van der Waals surface area contributed by atoms with E-state index >= 15 is 0 Å². The van der Waals surface area contributed by atoms with Crippen molar-refractivity contribution in [2.45, 2.75) is 26.1 Å². The van der Waals surface area contributed by atoms with Crippen molar-refractivity contribution in [3.8, 4) is 23.8 Å². The van der Waals surface area contributed by atoms with E-state index in [-0.39, 0.29) is 20.0 Å². The maximum atomic E-state index is 10.3. The molecule has 1 aliphatic rings. The molecule has 0 fully saturated rings. The van der Waals surface area contributed by atoms with Gasteiger partial charge >= 0.3 is 0 Å². The van der Waals surface area contributed by atoms with Crippen LogP contribution in [0.25, 0.3) is 0 Å². The van der Waals surface area contributed by atoms with Crippen molar-refractivity contribution in [3.05, 3.63) is 59.2 Å². The molecule has 0 saturated carbocycles. The van der Waals surface area contributed by atoms with Crippen LogP contribution in [0.2, 0.25) is 0 Å². The van der Waals surface area contributed by atoms with Crippen LogP contribution >= 0.6 is 0 Å². The van der Waals surface area contributed by atoms with Crippen molar-refractivity contribution in [1.29, 1.82) is 0 Å². The Kier molecular flexibility index (Phi) is 6.72. The second kappa shape index (κ2) is 9.43. The van der Waals surface area contributed by atoms with Crippen LogP contribution in [0.1, 0.15) is 16.7 Å². The van der Waals surface area contributed by atoms with E-state index in [0.717, 1.165) is 23.6 Å². The smallest absolute Gasteiger partial charge is 0.231 e. The van der Waals surface area contributed by atoms with E-state index in [1.807, 2.05) is 18.2 Å². The van der Waals surface area contributed by atoms with Gasteiger partial charge in [-0.2, -0.15) is 0 Å². The Labute approximate surface area is 160 Å². The highest BCUT2D eigenvalue weighted by atomic mass is 16.7. The number of nitrogens with zero attached hydrogens (tertiary/aromatic N) is 1.